The number of imidazole rings is 1. The van der Waals surface area contributed by atoms with E-state index < -0.39 is 0 Å². The molecule has 0 aliphatic carbocycles. The molecule has 0 spiro atoms. The number of aromatic nitrogens is 2. The first-order chi connectivity index (χ1) is 15.2. The van der Waals surface area contributed by atoms with E-state index in [1.165, 1.54) is 5.56 Å². The van der Waals surface area contributed by atoms with Crippen molar-refractivity contribution < 1.29 is 4.42 Å². The number of nitrogens with zero attached hydrogens (tertiary/aromatic N) is 3. The second kappa shape index (κ2) is 9.98. The average molecular weight is 416 g/mol. The Labute approximate surface area is 183 Å². The molecule has 6 nitrogen and oxygen atoms in total. The van der Waals surface area contributed by atoms with Crippen molar-refractivity contribution in [3.8, 4) is 0 Å². The first kappa shape index (κ1) is 20.7. The van der Waals surface area contributed by atoms with Crippen molar-refractivity contribution in [1.29, 1.82) is 0 Å². The summed E-state index contributed by atoms with van der Waals surface area (Å²) in [7, 11) is 0. The van der Waals surface area contributed by atoms with E-state index in [-0.39, 0.29) is 0 Å². The van der Waals surface area contributed by atoms with Crippen LogP contribution in [0.5, 0.6) is 0 Å². The number of benzene rings is 2. The van der Waals surface area contributed by atoms with Gasteiger partial charge in [-0.15, -0.1) is 0 Å². The van der Waals surface area contributed by atoms with Gasteiger partial charge in [0.15, 0.2) is 5.96 Å². The SMILES string of the molecule is CCNC(=NCc1oc2ccccc2c1C)NCCc1nccn1Cc1ccccc1. The summed E-state index contributed by atoms with van der Waals surface area (Å²) in [6.45, 7) is 7.03. The van der Waals surface area contributed by atoms with Crippen LogP contribution in [0.2, 0.25) is 0 Å². The van der Waals surface area contributed by atoms with Crippen LogP contribution >= 0.6 is 0 Å². The maximum atomic E-state index is 5.99. The number of hydrogen-bond donors (Lipinski definition) is 2. The van der Waals surface area contributed by atoms with Gasteiger partial charge < -0.3 is 19.6 Å². The third-order valence-electron chi connectivity index (χ3n) is 5.31. The van der Waals surface area contributed by atoms with E-state index in [4.69, 9.17) is 9.41 Å². The van der Waals surface area contributed by atoms with Crippen molar-refractivity contribution >= 4 is 16.9 Å². The number of rotatable bonds is 8. The smallest absolute Gasteiger partial charge is 0.191 e. The summed E-state index contributed by atoms with van der Waals surface area (Å²) in [5, 5.41) is 7.88. The molecule has 4 aromatic rings. The van der Waals surface area contributed by atoms with Crippen molar-refractivity contribution in [3.05, 3.63) is 89.7 Å². The molecule has 2 aromatic heterocycles. The Morgan fingerprint density at radius 3 is 2.68 bits per heavy atom. The molecule has 2 aromatic carbocycles. The first-order valence-corrected chi connectivity index (χ1v) is 10.8. The molecule has 0 aliphatic heterocycles. The number of aryl methyl sites for hydroxylation is 1. The predicted octanol–water partition coefficient (Wildman–Crippen LogP) is 4.28. The van der Waals surface area contributed by atoms with Crippen molar-refractivity contribution in [2.24, 2.45) is 4.99 Å². The van der Waals surface area contributed by atoms with Gasteiger partial charge in [-0.25, -0.2) is 9.98 Å². The zero-order chi connectivity index (χ0) is 21.5. The number of furan rings is 1. The van der Waals surface area contributed by atoms with Crippen LogP contribution in [0.15, 0.2) is 76.4 Å². The number of para-hydroxylation sites is 1. The Bertz CT molecular complexity index is 1140. The summed E-state index contributed by atoms with van der Waals surface area (Å²) >= 11 is 0. The molecular formula is C25H29N5O. The molecule has 31 heavy (non-hydrogen) atoms. The maximum absolute atomic E-state index is 5.99. The van der Waals surface area contributed by atoms with Gasteiger partial charge in [0.05, 0.1) is 0 Å². The maximum Gasteiger partial charge on any atom is 0.191 e. The summed E-state index contributed by atoms with van der Waals surface area (Å²) in [5.41, 5.74) is 3.33. The van der Waals surface area contributed by atoms with Crippen LogP contribution in [-0.2, 0) is 19.5 Å². The molecule has 0 amide bonds. The van der Waals surface area contributed by atoms with Crippen molar-refractivity contribution in [2.75, 3.05) is 13.1 Å². The number of nitrogens with one attached hydrogen (secondary N) is 2. The number of fused-ring (bicyclic) bond motifs is 1. The second-order valence-electron chi connectivity index (χ2n) is 7.48. The molecule has 0 saturated carbocycles. The highest BCUT2D eigenvalue weighted by Gasteiger charge is 2.10. The van der Waals surface area contributed by atoms with Crippen LogP contribution in [0.1, 0.15) is 29.6 Å². The standard InChI is InChI=1S/C25H29N5O/c1-3-26-25(29-17-23-19(2)21-11-7-8-12-22(21)31-23)28-14-13-24-27-15-16-30(24)18-20-9-5-4-6-10-20/h4-12,15-16H,3,13-14,17-18H2,1-2H3,(H2,26,28,29). The lowest BCUT2D eigenvalue weighted by Gasteiger charge is -2.12. The van der Waals surface area contributed by atoms with Crippen molar-refractivity contribution in [3.63, 3.8) is 0 Å². The Balaban J connectivity index is 1.37. The minimum absolute atomic E-state index is 0.498. The van der Waals surface area contributed by atoms with E-state index >= 15 is 0 Å². The van der Waals surface area contributed by atoms with Gasteiger partial charge in [-0.1, -0.05) is 48.5 Å². The fourth-order valence-electron chi connectivity index (χ4n) is 3.65. The fourth-order valence-corrected chi connectivity index (χ4v) is 3.65. The largest absolute Gasteiger partial charge is 0.459 e. The molecule has 0 radical (unpaired) electrons. The van der Waals surface area contributed by atoms with Crippen LogP contribution in [0.25, 0.3) is 11.0 Å². The zero-order valence-corrected chi connectivity index (χ0v) is 18.1. The second-order valence-corrected chi connectivity index (χ2v) is 7.48. The quantitative estimate of drug-likeness (QED) is 0.333. The third-order valence-corrected chi connectivity index (χ3v) is 5.31. The molecule has 160 valence electrons. The summed E-state index contributed by atoms with van der Waals surface area (Å²) in [5.74, 6) is 2.74. The van der Waals surface area contributed by atoms with E-state index in [9.17, 15) is 0 Å². The number of hydrogen-bond acceptors (Lipinski definition) is 3. The number of guanidine groups is 1. The van der Waals surface area contributed by atoms with Gasteiger partial charge in [0.1, 0.15) is 23.7 Å². The summed E-state index contributed by atoms with van der Waals surface area (Å²) in [4.78, 5) is 9.25. The lowest BCUT2D eigenvalue weighted by molar-refractivity contribution is 0.547. The Kier molecular flexibility index (Phi) is 6.67. The highest BCUT2D eigenvalue weighted by atomic mass is 16.3. The van der Waals surface area contributed by atoms with Gasteiger partial charge in [0.2, 0.25) is 0 Å². The molecule has 0 bridgehead atoms. The molecule has 0 saturated heterocycles. The van der Waals surface area contributed by atoms with Crippen molar-refractivity contribution in [1.82, 2.24) is 20.2 Å². The number of aliphatic imine (C=N–C) groups is 1. The van der Waals surface area contributed by atoms with Crippen LogP contribution in [0, 0.1) is 6.92 Å². The molecule has 0 aliphatic rings. The Morgan fingerprint density at radius 2 is 1.87 bits per heavy atom. The molecule has 0 unspecified atom stereocenters. The topological polar surface area (TPSA) is 67.4 Å². The highest BCUT2D eigenvalue weighted by molar-refractivity contribution is 5.82. The van der Waals surface area contributed by atoms with Crippen LogP contribution in [0.3, 0.4) is 0 Å². The predicted molar refractivity (Wildman–Crippen MR) is 125 cm³/mol. The summed E-state index contributed by atoms with van der Waals surface area (Å²) in [6, 6.07) is 18.6. The molecule has 6 heteroatoms. The van der Waals surface area contributed by atoms with Gasteiger partial charge in [-0.3, -0.25) is 0 Å². The lowest BCUT2D eigenvalue weighted by Crippen LogP contribution is -2.38. The minimum atomic E-state index is 0.498. The van der Waals surface area contributed by atoms with E-state index in [2.05, 4.69) is 64.4 Å². The van der Waals surface area contributed by atoms with Gasteiger partial charge in [0, 0.05) is 49.4 Å². The normalized spacial score (nSPS) is 11.7. The van der Waals surface area contributed by atoms with Gasteiger partial charge in [-0.05, 0) is 25.5 Å². The highest BCUT2D eigenvalue weighted by Crippen LogP contribution is 2.25. The lowest BCUT2D eigenvalue weighted by atomic mass is 10.1. The molecule has 2 N–H and O–H groups in total. The van der Waals surface area contributed by atoms with E-state index in [1.807, 2.05) is 36.7 Å². The third kappa shape index (κ3) is 5.15. The zero-order valence-electron chi connectivity index (χ0n) is 18.1. The monoisotopic (exact) mass is 415 g/mol. The summed E-state index contributed by atoms with van der Waals surface area (Å²) < 4.78 is 8.18. The van der Waals surface area contributed by atoms with Gasteiger partial charge in [0.25, 0.3) is 0 Å². The first-order valence-electron chi connectivity index (χ1n) is 10.8. The van der Waals surface area contributed by atoms with Gasteiger partial charge in [-0.2, -0.15) is 0 Å². The minimum Gasteiger partial charge on any atom is -0.459 e. The molecule has 2 heterocycles. The van der Waals surface area contributed by atoms with E-state index in [1.54, 1.807) is 0 Å². The van der Waals surface area contributed by atoms with Crippen molar-refractivity contribution in [2.45, 2.75) is 33.4 Å². The Morgan fingerprint density at radius 1 is 1.06 bits per heavy atom. The Hall–Kier alpha value is -3.54. The van der Waals surface area contributed by atoms with Crippen LogP contribution in [0.4, 0.5) is 0 Å². The fraction of sp³-hybridized carbons (Fsp3) is 0.280. The summed E-state index contributed by atoms with van der Waals surface area (Å²) in [6.07, 6.45) is 4.71. The van der Waals surface area contributed by atoms with Crippen LogP contribution < -0.4 is 10.6 Å². The van der Waals surface area contributed by atoms with E-state index in [0.717, 1.165) is 60.1 Å². The molecule has 0 atom stereocenters. The molecule has 0 fully saturated rings. The van der Waals surface area contributed by atoms with E-state index in [0.29, 0.717) is 6.54 Å². The van der Waals surface area contributed by atoms with Crippen LogP contribution in [-0.4, -0.2) is 28.6 Å². The van der Waals surface area contributed by atoms with Gasteiger partial charge >= 0.3 is 0 Å². The average Bonchev–Trinajstić information content (AvgIpc) is 3.37. The molecular weight excluding hydrogens is 386 g/mol. The molecule has 4 rings (SSSR count).